The standard InChI is InChI=1S/C20H30N2O2/c1-21(2)20(23)24-17-10-7-9-16(14-17)19-13-12-15-8-5-4-6-11-18(15)22(19)3/h7,9-10,14-15,18-19H,4-6,8,11-13H2,1-3H3/t15-,18+,19+/m1/s1. The maximum absolute atomic E-state index is 11.8. The zero-order valence-electron chi connectivity index (χ0n) is 15.2. The van der Waals surface area contributed by atoms with Gasteiger partial charge in [-0.15, -0.1) is 0 Å². The van der Waals surface area contributed by atoms with Crippen molar-refractivity contribution < 1.29 is 9.53 Å². The van der Waals surface area contributed by atoms with Crippen molar-refractivity contribution in [3.63, 3.8) is 0 Å². The van der Waals surface area contributed by atoms with Gasteiger partial charge in [-0.2, -0.15) is 0 Å². The molecule has 132 valence electrons. The minimum Gasteiger partial charge on any atom is -0.410 e. The number of rotatable bonds is 2. The van der Waals surface area contributed by atoms with Crippen molar-refractivity contribution in [1.82, 2.24) is 9.80 Å². The lowest BCUT2D eigenvalue weighted by atomic mass is 9.81. The fourth-order valence-electron chi connectivity index (χ4n) is 4.42. The second-order valence-electron chi connectivity index (χ2n) is 7.56. The topological polar surface area (TPSA) is 32.8 Å². The number of nitrogens with zero attached hydrogens (tertiary/aromatic N) is 2. The lowest BCUT2D eigenvalue weighted by Crippen LogP contribution is -2.44. The van der Waals surface area contributed by atoms with Gasteiger partial charge < -0.3 is 9.64 Å². The molecule has 0 bridgehead atoms. The van der Waals surface area contributed by atoms with Crippen molar-refractivity contribution >= 4 is 6.09 Å². The van der Waals surface area contributed by atoms with Gasteiger partial charge in [0.2, 0.25) is 0 Å². The zero-order valence-corrected chi connectivity index (χ0v) is 15.2. The summed E-state index contributed by atoms with van der Waals surface area (Å²) in [5, 5.41) is 0. The van der Waals surface area contributed by atoms with Gasteiger partial charge in [-0.1, -0.05) is 31.4 Å². The van der Waals surface area contributed by atoms with Crippen LogP contribution in [0.25, 0.3) is 0 Å². The Kier molecular flexibility index (Phi) is 5.44. The van der Waals surface area contributed by atoms with Gasteiger partial charge in [0, 0.05) is 26.2 Å². The Morgan fingerprint density at radius 2 is 1.92 bits per heavy atom. The molecule has 0 aromatic heterocycles. The number of amides is 1. The molecule has 4 heteroatoms. The Morgan fingerprint density at radius 3 is 2.71 bits per heavy atom. The van der Waals surface area contributed by atoms with Crippen LogP contribution in [0.1, 0.15) is 56.6 Å². The Labute approximate surface area is 145 Å². The maximum atomic E-state index is 11.8. The Bertz CT molecular complexity index is 573. The van der Waals surface area contributed by atoms with Gasteiger partial charge in [0.15, 0.2) is 0 Å². The van der Waals surface area contributed by atoms with Gasteiger partial charge in [-0.3, -0.25) is 4.90 Å². The van der Waals surface area contributed by atoms with Gasteiger partial charge in [0.05, 0.1) is 0 Å². The van der Waals surface area contributed by atoms with Crippen LogP contribution >= 0.6 is 0 Å². The van der Waals surface area contributed by atoms with E-state index in [1.54, 1.807) is 14.1 Å². The van der Waals surface area contributed by atoms with Crippen molar-refractivity contribution in [1.29, 1.82) is 0 Å². The summed E-state index contributed by atoms with van der Waals surface area (Å²) >= 11 is 0. The van der Waals surface area contributed by atoms with Crippen LogP contribution in [-0.4, -0.2) is 43.1 Å². The fraction of sp³-hybridized carbons (Fsp3) is 0.650. The van der Waals surface area contributed by atoms with Crippen LogP contribution in [0.5, 0.6) is 5.75 Å². The molecule has 0 N–H and O–H groups in total. The predicted molar refractivity (Wildman–Crippen MR) is 96.3 cm³/mol. The molecule has 4 nitrogen and oxygen atoms in total. The van der Waals surface area contributed by atoms with Crippen LogP contribution in [0, 0.1) is 5.92 Å². The summed E-state index contributed by atoms with van der Waals surface area (Å²) in [6.07, 6.45) is 9.06. The number of hydrogen-bond acceptors (Lipinski definition) is 3. The molecule has 1 aliphatic carbocycles. The largest absolute Gasteiger partial charge is 0.414 e. The normalized spacial score (nSPS) is 27.9. The van der Waals surface area contributed by atoms with E-state index in [2.05, 4.69) is 18.0 Å². The highest BCUT2D eigenvalue weighted by atomic mass is 16.6. The lowest BCUT2D eigenvalue weighted by Gasteiger charge is -2.44. The molecule has 0 spiro atoms. The summed E-state index contributed by atoms with van der Waals surface area (Å²) in [6.45, 7) is 0. The van der Waals surface area contributed by atoms with Crippen LogP contribution < -0.4 is 4.74 Å². The third-order valence-corrected chi connectivity index (χ3v) is 5.76. The van der Waals surface area contributed by atoms with Crippen LogP contribution in [0.3, 0.4) is 0 Å². The number of likely N-dealkylation sites (tertiary alicyclic amines) is 1. The number of fused-ring (bicyclic) bond motifs is 1. The maximum Gasteiger partial charge on any atom is 0.414 e. The van der Waals surface area contributed by atoms with Crippen LogP contribution in [0.2, 0.25) is 0 Å². The molecule has 0 unspecified atom stereocenters. The number of ether oxygens (including phenoxy) is 1. The molecule has 3 rings (SSSR count). The molecular weight excluding hydrogens is 300 g/mol. The van der Waals surface area contributed by atoms with Crippen molar-refractivity contribution in [2.24, 2.45) is 5.92 Å². The molecular formula is C20H30N2O2. The molecule has 1 saturated heterocycles. The van der Waals surface area contributed by atoms with E-state index in [1.807, 2.05) is 18.2 Å². The van der Waals surface area contributed by atoms with Gasteiger partial charge in [0.25, 0.3) is 0 Å². The summed E-state index contributed by atoms with van der Waals surface area (Å²) in [7, 11) is 5.69. The molecule has 1 aromatic carbocycles. The summed E-state index contributed by atoms with van der Waals surface area (Å²) < 4.78 is 5.44. The first-order chi connectivity index (χ1) is 11.6. The number of carbonyl (C=O) groups is 1. The van der Waals surface area contributed by atoms with E-state index in [0.29, 0.717) is 17.8 Å². The lowest BCUT2D eigenvalue weighted by molar-refractivity contribution is 0.0588. The van der Waals surface area contributed by atoms with Crippen LogP contribution in [-0.2, 0) is 0 Å². The van der Waals surface area contributed by atoms with Crippen LogP contribution in [0.15, 0.2) is 24.3 Å². The van der Waals surface area contributed by atoms with E-state index in [0.717, 1.165) is 5.92 Å². The molecule has 2 aliphatic rings. The minimum atomic E-state index is -0.326. The number of carbonyl (C=O) groups excluding carboxylic acids is 1. The SMILES string of the molecule is CN(C)C(=O)Oc1cccc([C@@H]2CC[C@H]3CCCCC[C@@H]3N2C)c1. The zero-order chi connectivity index (χ0) is 17.1. The highest BCUT2D eigenvalue weighted by Crippen LogP contribution is 2.42. The van der Waals surface area contributed by atoms with Crippen LogP contribution in [0.4, 0.5) is 4.79 Å². The molecule has 24 heavy (non-hydrogen) atoms. The van der Waals surface area contributed by atoms with E-state index < -0.39 is 0 Å². The van der Waals surface area contributed by atoms with E-state index in [1.165, 1.54) is 55.4 Å². The quantitative estimate of drug-likeness (QED) is 0.802. The number of benzene rings is 1. The molecule has 1 aromatic rings. The van der Waals surface area contributed by atoms with Gasteiger partial charge in [-0.25, -0.2) is 4.79 Å². The molecule has 1 aliphatic heterocycles. The molecule has 1 heterocycles. The Morgan fingerprint density at radius 1 is 1.12 bits per heavy atom. The Balaban J connectivity index is 1.75. The molecule has 1 amide bonds. The Hall–Kier alpha value is -1.55. The highest BCUT2D eigenvalue weighted by molar-refractivity contribution is 5.70. The smallest absolute Gasteiger partial charge is 0.410 e. The van der Waals surface area contributed by atoms with Crippen molar-refractivity contribution in [2.75, 3.05) is 21.1 Å². The molecule has 3 atom stereocenters. The average Bonchev–Trinajstić information content (AvgIpc) is 2.81. The van der Waals surface area contributed by atoms with Gasteiger partial charge >= 0.3 is 6.09 Å². The van der Waals surface area contributed by atoms with Crippen molar-refractivity contribution in [3.8, 4) is 5.75 Å². The third kappa shape index (κ3) is 3.75. The van der Waals surface area contributed by atoms with Gasteiger partial charge in [-0.05, 0) is 56.3 Å². The van der Waals surface area contributed by atoms with Crippen molar-refractivity contribution in [2.45, 2.75) is 57.0 Å². The molecule has 1 saturated carbocycles. The summed E-state index contributed by atoms with van der Waals surface area (Å²) in [6, 6.07) is 9.22. The molecule has 2 fully saturated rings. The summed E-state index contributed by atoms with van der Waals surface area (Å²) in [5.41, 5.74) is 1.27. The first kappa shape index (κ1) is 17.3. The average molecular weight is 330 g/mol. The minimum absolute atomic E-state index is 0.326. The second kappa shape index (κ2) is 7.56. The summed E-state index contributed by atoms with van der Waals surface area (Å²) in [4.78, 5) is 15.8. The second-order valence-corrected chi connectivity index (χ2v) is 7.56. The van der Waals surface area contributed by atoms with E-state index >= 15 is 0 Å². The first-order valence-corrected chi connectivity index (χ1v) is 9.27. The fourth-order valence-corrected chi connectivity index (χ4v) is 4.42. The molecule has 0 radical (unpaired) electrons. The number of piperidine rings is 1. The van der Waals surface area contributed by atoms with Gasteiger partial charge in [0.1, 0.15) is 5.75 Å². The number of hydrogen-bond donors (Lipinski definition) is 0. The third-order valence-electron chi connectivity index (χ3n) is 5.76. The van der Waals surface area contributed by atoms with E-state index in [4.69, 9.17) is 4.74 Å². The first-order valence-electron chi connectivity index (χ1n) is 9.27. The summed E-state index contributed by atoms with van der Waals surface area (Å²) in [5.74, 6) is 1.51. The monoisotopic (exact) mass is 330 g/mol. The predicted octanol–water partition coefficient (Wildman–Crippen LogP) is 4.46. The van der Waals surface area contributed by atoms with E-state index in [9.17, 15) is 4.79 Å². The van der Waals surface area contributed by atoms with Crippen molar-refractivity contribution in [3.05, 3.63) is 29.8 Å². The van der Waals surface area contributed by atoms with E-state index in [-0.39, 0.29) is 6.09 Å². The highest BCUT2D eigenvalue weighted by Gasteiger charge is 2.36.